The van der Waals surface area contributed by atoms with Crippen molar-refractivity contribution in [2.75, 3.05) is 11.6 Å². The van der Waals surface area contributed by atoms with Gasteiger partial charge in [0.1, 0.15) is 0 Å². The Bertz CT molecular complexity index is 1060. The highest BCUT2D eigenvalue weighted by molar-refractivity contribution is 7.89. The van der Waals surface area contributed by atoms with Crippen molar-refractivity contribution >= 4 is 33.0 Å². The number of nitrogens with zero attached hydrogens (tertiary/aromatic N) is 2. The molecule has 0 aliphatic heterocycles. The van der Waals surface area contributed by atoms with Gasteiger partial charge in [-0.25, -0.2) is 13.1 Å². The molecule has 0 atom stereocenters. The van der Waals surface area contributed by atoms with Crippen molar-refractivity contribution in [3.05, 3.63) is 77.1 Å². The summed E-state index contributed by atoms with van der Waals surface area (Å²) in [5, 5.41) is 7.48. The molecular weight excluding hydrogens is 374 g/mol. The molecule has 0 saturated carbocycles. The van der Waals surface area contributed by atoms with Crippen LogP contribution in [0.3, 0.4) is 0 Å². The van der Waals surface area contributed by atoms with Crippen LogP contribution < -0.4 is 5.32 Å². The second-order valence-electron chi connectivity index (χ2n) is 5.83. The molecule has 1 heterocycles. The highest BCUT2D eigenvalue weighted by Gasteiger charge is 2.14. The maximum Gasteiger partial charge on any atom is 0.258 e. The van der Waals surface area contributed by atoms with E-state index < -0.39 is 9.84 Å². The number of nitrogens with one attached hydrogen (secondary N) is 1. The predicted molar refractivity (Wildman–Crippen MR) is 102 cm³/mol. The van der Waals surface area contributed by atoms with E-state index in [1.165, 1.54) is 6.20 Å². The molecule has 0 aliphatic carbocycles. The van der Waals surface area contributed by atoms with E-state index in [9.17, 15) is 13.2 Å². The lowest BCUT2D eigenvalue weighted by Crippen LogP contribution is -2.14. The molecule has 0 fully saturated rings. The van der Waals surface area contributed by atoms with Crippen molar-refractivity contribution in [2.45, 2.75) is 5.75 Å². The van der Waals surface area contributed by atoms with Crippen LogP contribution in [0.2, 0.25) is 5.02 Å². The monoisotopic (exact) mass is 389 g/mol. The maximum atomic E-state index is 12.5. The molecule has 6 nitrogen and oxygen atoms in total. The Morgan fingerprint density at radius 3 is 2.69 bits per heavy atom. The number of halogens is 1. The number of amides is 1. The highest BCUT2D eigenvalue weighted by atomic mass is 35.5. The number of para-hydroxylation sites is 1. The van der Waals surface area contributed by atoms with Gasteiger partial charge < -0.3 is 5.32 Å². The molecule has 3 rings (SSSR count). The van der Waals surface area contributed by atoms with Gasteiger partial charge in [-0.2, -0.15) is 5.10 Å². The lowest BCUT2D eigenvalue weighted by Gasteiger charge is -2.09. The largest absolute Gasteiger partial charge is 0.322 e. The zero-order chi connectivity index (χ0) is 18.7. The van der Waals surface area contributed by atoms with Gasteiger partial charge in [0.25, 0.3) is 5.91 Å². The molecule has 0 spiro atoms. The first-order chi connectivity index (χ1) is 12.3. The maximum absolute atomic E-state index is 12.5. The third kappa shape index (κ3) is 4.50. The number of sulfone groups is 1. The number of hydrogen-bond donors (Lipinski definition) is 1. The Labute approximate surface area is 156 Å². The predicted octanol–water partition coefficient (Wildman–Crippen LogP) is 3.32. The summed E-state index contributed by atoms with van der Waals surface area (Å²) in [6.07, 6.45) is 4.18. The average molecular weight is 390 g/mol. The molecule has 3 aromatic rings. The molecule has 26 heavy (non-hydrogen) atoms. The van der Waals surface area contributed by atoms with Gasteiger partial charge >= 0.3 is 0 Å². The SMILES string of the molecule is CS(=O)(=O)Cc1ccccc1NC(=O)c1cnn(-c2cccc(Cl)c2)c1. The van der Waals surface area contributed by atoms with Crippen LogP contribution in [0.4, 0.5) is 5.69 Å². The minimum atomic E-state index is -3.22. The smallest absolute Gasteiger partial charge is 0.258 e. The van der Waals surface area contributed by atoms with Crippen molar-refractivity contribution in [3.8, 4) is 5.69 Å². The van der Waals surface area contributed by atoms with Crippen LogP contribution in [0.15, 0.2) is 60.9 Å². The Kier molecular flexibility index (Phi) is 5.11. The summed E-state index contributed by atoms with van der Waals surface area (Å²) >= 11 is 5.97. The summed E-state index contributed by atoms with van der Waals surface area (Å²) in [6, 6.07) is 13.9. The number of benzene rings is 2. The lowest BCUT2D eigenvalue weighted by atomic mass is 10.2. The average Bonchev–Trinajstić information content (AvgIpc) is 3.05. The minimum absolute atomic E-state index is 0.148. The summed E-state index contributed by atoms with van der Waals surface area (Å²) in [5.74, 6) is -0.523. The van der Waals surface area contributed by atoms with Crippen molar-refractivity contribution in [3.63, 3.8) is 0 Å². The molecule has 1 N–H and O–H groups in total. The molecular formula is C18H16ClN3O3S. The third-order valence-electron chi connectivity index (χ3n) is 3.60. The van der Waals surface area contributed by atoms with E-state index >= 15 is 0 Å². The van der Waals surface area contributed by atoms with E-state index in [0.29, 0.717) is 21.8 Å². The van der Waals surface area contributed by atoms with Crippen LogP contribution in [-0.4, -0.2) is 30.4 Å². The van der Waals surface area contributed by atoms with Gasteiger partial charge in [0.2, 0.25) is 0 Å². The fourth-order valence-corrected chi connectivity index (χ4v) is 3.45. The quantitative estimate of drug-likeness (QED) is 0.725. The van der Waals surface area contributed by atoms with Gasteiger partial charge in [0, 0.05) is 23.2 Å². The topological polar surface area (TPSA) is 81.1 Å². The van der Waals surface area contributed by atoms with Gasteiger partial charge in [-0.15, -0.1) is 0 Å². The molecule has 134 valence electrons. The standard InChI is InChI=1S/C18H16ClN3O3S/c1-26(24,25)12-13-5-2-3-8-17(13)21-18(23)14-10-20-22(11-14)16-7-4-6-15(19)9-16/h2-11H,12H2,1H3,(H,21,23). The first-order valence-corrected chi connectivity index (χ1v) is 10.1. The summed E-state index contributed by atoms with van der Waals surface area (Å²) in [5.41, 5.74) is 2.07. The Morgan fingerprint density at radius 1 is 1.19 bits per heavy atom. The number of anilines is 1. The van der Waals surface area contributed by atoms with E-state index in [2.05, 4.69) is 10.4 Å². The van der Waals surface area contributed by atoms with Crippen LogP contribution >= 0.6 is 11.6 Å². The van der Waals surface area contributed by atoms with E-state index in [1.54, 1.807) is 53.3 Å². The molecule has 0 bridgehead atoms. The van der Waals surface area contributed by atoms with Crippen LogP contribution in [0.5, 0.6) is 0 Å². The van der Waals surface area contributed by atoms with Gasteiger partial charge in [0.05, 0.1) is 23.2 Å². The Morgan fingerprint density at radius 2 is 1.96 bits per heavy atom. The highest BCUT2D eigenvalue weighted by Crippen LogP contribution is 2.19. The molecule has 1 aromatic heterocycles. The zero-order valence-electron chi connectivity index (χ0n) is 13.9. The summed E-state index contributed by atoms with van der Waals surface area (Å²) in [7, 11) is -3.22. The van der Waals surface area contributed by atoms with Crippen molar-refractivity contribution in [1.29, 1.82) is 0 Å². The first kappa shape index (κ1) is 18.2. The fraction of sp³-hybridized carbons (Fsp3) is 0.111. The number of hydrogen-bond acceptors (Lipinski definition) is 4. The molecule has 1 amide bonds. The van der Waals surface area contributed by atoms with Gasteiger partial charge in [0.15, 0.2) is 9.84 Å². The number of carbonyl (C=O) groups excluding carboxylic acids is 1. The van der Waals surface area contributed by atoms with E-state index in [1.807, 2.05) is 6.07 Å². The van der Waals surface area contributed by atoms with E-state index in [0.717, 1.165) is 11.9 Å². The first-order valence-electron chi connectivity index (χ1n) is 7.69. The Balaban J connectivity index is 1.82. The molecule has 0 saturated heterocycles. The summed E-state index contributed by atoms with van der Waals surface area (Å²) in [4.78, 5) is 12.5. The van der Waals surface area contributed by atoms with Crippen LogP contribution in [0, 0.1) is 0 Å². The fourth-order valence-electron chi connectivity index (χ4n) is 2.44. The second-order valence-corrected chi connectivity index (χ2v) is 8.41. The number of rotatable bonds is 5. The Hall–Kier alpha value is -2.64. The zero-order valence-corrected chi connectivity index (χ0v) is 15.5. The molecule has 0 unspecified atom stereocenters. The second kappa shape index (κ2) is 7.31. The lowest BCUT2D eigenvalue weighted by molar-refractivity contribution is 0.102. The normalized spacial score (nSPS) is 11.3. The number of aromatic nitrogens is 2. The van der Waals surface area contributed by atoms with Crippen LogP contribution in [0.25, 0.3) is 5.69 Å². The van der Waals surface area contributed by atoms with Gasteiger partial charge in [-0.3, -0.25) is 4.79 Å². The molecule has 8 heteroatoms. The molecule has 2 aromatic carbocycles. The summed E-state index contributed by atoms with van der Waals surface area (Å²) in [6.45, 7) is 0. The van der Waals surface area contributed by atoms with Crippen LogP contribution in [-0.2, 0) is 15.6 Å². The molecule has 0 aliphatic rings. The molecule has 0 radical (unpaired) electrons. The van der Waals surface area contributed by atoms with Crippen LogP contribution in [0.1, 0.15) is 15.9 Å². The van der Waals surface area contributed by atoms with Gasteiger partial charge in [-0.05, 0) is 29.8 Å². The minimum Gasteiger partial charge on any atom is -0.322 e. The number of carbonyl (C=O) groups is 1. The van der Waals surface area contributed by atoms with Crippen molar-refractivity contribution in [1.82, 2.24) is 9.78 Å². The van der Waals surface area contributed by atoms with E-state index in [4.69, 9.17) is 11.6 Å². The third-order valence-corrected chi connectivity index (χ3v) is 4.67. The van der Waals surface area contributed by atoms with Gasteiger partial charge in [-0.1, -0.05) is 35.9 Å². The van der Waals surface area contributed by atoms with Crippen molar-refractivity contribution in [2.24, 2.45) is 0 Å². The summed E-state index contributed by atoms with van der Waals surface area (Å²) < 4.78 is 24.7. The van der Waals surface area contributed by atoms with E-state index in [-0.39, 0.29) is 11.7 Å². The van der Waals surface area contributed by atoms with Crippen molar-refractivity contribution < 1.29 is 13.2 Å².